The third kappa shape index (κ3) is 2.96. The van der Waals surface area contributed by atoms with Crippen LogP contribution < -0.4 is 5.46 Å². The summed E-state index contributed by atoms with van der Waals surface area (Å²) in [6, 6.07) is 2.86. The average Bonchev–Trinajstić information content (AvgIpc) is 2.15. The molecule has 0 amide bonds. The molecule has 82 valence electrons. The fourth-order valence-electron chi connectivity index (χ4n) is 1.13. The van der Waals surface area contributed by atoms with Crippen molar-refractivity contribution < 1.29 is 23.2 Å². The van der Waals surface area contributed by atoms with Gasteiger partial charge in [-0.25, -0.2) is 0 Å². The Balaban J connectivity index is 3.22. The normalized spacial score (nSPS) is 11.6. The smallest absolute Gasteiger partial charge is 0.423 e. The monoisotopic (exact) mass is 282 g/mol. The van der Waals surface area contributed by atoms with Gasteiger partial charge in [0.25, 0.3) is 0 Å². The van der Waals surface area contributed by atoms with E-state index in [2.05, 4.69) is 15.9 Å². The molecule has 0 bridgehead atoms. The van der Waals surface area contributed by atoms with E-state index in [1.807, 2.05) is 0 Å². The third-order valence-corrected chi connectivity index (χ3v) is 2.50. The molecule has 2 N–H and O–H groups in total. The molecule has 0 radical (unpaired) electrons. The van der Waals surface area contributed by atoms with Crippen LogP contribution in [0.15, 0.2) is 18.2 Å². The first-order valence-corrected chi connectivity index (χ1v) is 5.10. The standard InChI is InChI=1S/C8H7BBrF3O2/c10-4-5-1-2-6(8(11,12)13)3-7(5)9(14)15/h1-3,14-15H,4H2. The van der Waals surface area contributed by atoms with Crippen LogP contribution in [-0.4, -0.2) is 17.2 Å². The quantitative estimate of drug-likeness (QED) is 0.634. The minimum atomic E-state index is -4.48. The van der Waals surface area contributed by atoms with Gasteiger partial charge in [-0.1, -0.05) is 22.0 Å². The van der Waals surface area contributed by atoms with Gasteiger partial charge in [-0.2, -0.15) is 13.2 Å². The Morgan fingerprint density at radius 3 is 2.27 bits per heavy atom. The highest BCUT2D eigenvalue weighted by atomic mass is 79.9. The van der Waals surface area contributed by atoms with Gasteiger partial charge in [0.2, 0.25) is 0 Å². The molecule has 0 aliphatic carbocycles. The lowest BCUT2D eigenvalue weighted by Crippen LogP contribution is -2.33. The molecule has 1 aromatic carbocycles. The first kappa shape index (κ1) is 12.5. The van der Waals surface area contributed by atoms with Gasteiger partial charge in [-0.3, -0.25) is 0 Å². The van der Waals surface area contributed by atoms with E-state index in [-0.39, 0.29) is 10.8 Å². The molecule has 0 unspecified atom stereocenters. The van der Waals surface area contributed by atoms with Crippen molar-refractivity contribution in [3.63, 3.8) is 0 Å². The molecule has 0 atom stereocenters. The minimum absolute atomic E-state index is 0.137. The molecule has 0 aliphatic rings. The van der Waals surface area contributed by atoms with E-state index in [1.165, 1.54) is 6.07 Å². The molecule has 1 rings (SSSR count). The Morgan fingerprint density at radius 2 is 1.87 bits per heavy atom. The van der Waals surface area contributed by atoms with Crippen LogP contribution in [0.4, 0.5) is 13.2 Å². The van der Waals surface area contributed by atoms with E-state index in [0.717, 1.165) is 12.1 Å². The number of hydrogen-bond acceptors (Lipinski definition) is 2. The lowest BCUT2D eigenvalue weighted by atomic mass is 9.76. The maximum atomic E-state index is 12.3. The van der Waals surface area contributed by atoms with Crippen LogP contribution in [0.25, 0.3) is 0 Å². The zero-order valence-electron chi connectivity index (χ0n) is 7.42. The van der Waals surface area contributed by atoms with E-state index in [0.29, 0.717) is 5.56 Å². The summed E-state index contributed by atoms with van der Waals surface area (Å²) in [7, 11) is -1.90. The van der Waals surface area contributed by atoms with Crippen molar-refractivity contribution in [2.75, 3.05) is 0 Å². The summed E-state index contributed by atoms with van der Waals surface area (Å²) in [5.41, 5.74) is -0.616. The summed E-state index contributed by atoms with van der Waals surface area (Å²) in [5, 5.41) is 18.0. The molecular weight excluding hydrogens is 276 g/mol. The highest BCUT2D eigenvalue weighted by Gasteiger charge is 2.32. The van der Waals surface area contributed by atoms with Gasteiger partial charge in [0.1, 0.15) is 0 Å². The molecule has 0 heterocycles. The molecule has 7 heteroatoms. The zero-order valence-corrected chi connectivity index (χ0v) is 9.01. The van der Waals surface area contributed by atoms with Crippen LogP contribution in [0, 0.1) is 0 Å². The van der Waals surface area contributed by atoms with Gasteiger partial charge < -0.3 is 10.0 Å². The minimum Gasteiger partial charge on any atom is -0.423 e. The van der Waals surface area contributed by atoms with Crippen molar-refractivity contribution in [3.8, 4) is 0 Å². The van der Waals surface area contributed by atoms with Gasteiger partial charge in [0.05, 0.1) is 5.56 Å². The highest BCUT2D eigenvalue weighted by Crippen LogP contribution is 2.28. The molecule has 0 fully saturated rings. The molecule has 0 saturated carbocycles. The Bertz CT molecular complexity index is 354. The summed E-state index contributed by atoms with van der Waals surface area (Å²) < 4.78 is 36.9. The molecule has 1 aromatic rings. The molecule has 0 aliphatic heterocycles. The third-order valence-electron chi connectivity index (χ3n) is 1.90. The van der Waals surface area contributed by atoms with Gasteiger partial charge in [-0.05, 0) is 23.2 Å². The predicted molar refractivity (Wildman–Crippen MR) is 53.9 cm³/mol. The second-order valence-corrected chi connectivity index (χ2v) is 3.48. The number of hydrogen-bond donors (Lipinski definition) is 2. The Labute approximate surface area is 93.0 Å². The van der Waals surface area contributed by atoms with E-state index in [4.69, 9.17) is 10.0 Å². The van der Waals surface area contributed by atoms with E-state index < -0.39 is 18.9 Å². The summed E-state index contributed by atoms with van der Waals surface area (Å²) in [6.45, 7) is 0. The second kappa shape index (κ2) is 4.55. The maximum absolute atomic E-state index is 12.3. The summed E-state index contributed by atoms with van der Waals surface area (Å²) >= 11 is 3.05. The second-order valence-electron chi connectivity index (χ2n) is 2.92. The van der Waals surface area contributed by atoms with Crippen LogP contribution >= 0.6 is 15.9 Å². The van der Waals surface area contributed by atoms with Crippen LogP contribution in [0.2, 0.25) is 0 Å². The first-order chi connectivity index (χ1) is 6.86. The molecule has 0 spiro atoms. The fraction of sp³-hybridized carbons (Fsp3) is 0.250. The number of benzene rings is 1. The maximum Gasteiger partial charge on any atom is 0.488 e. The van der Waals surface area contributed by atoms with Crippen LogP contribution in [0.5, 0.6) is 0 Å². The van der Waals surface area contributed by atoms with E-state index >= 15 is 0 Å². The molecule has 15 heavy (non-hydrogen) atoms. The highest BCUT2D eigenvalue weighted by molar-refractivity contribution is 9.08. The van der Waals surface area contributed by atoms with Crippen LogP contribution in [-0.2, 0) is 11.5 Å². The predicted octanol–water partition coefficient (Wildman–Crippen LogP) is 1.28. The number of alkyl halides is 4. The largest absolute Gasteiger partial charge is 0.488 e. The van der Waals surface area contributed by atoms with Crippen molar-refractivity contribution in [2.45, 2.75) is 11.5 Å². The van der Waals surface area contributed by atoms with E-state index in [1.54, 1.807) is 0 Å². The first-order valence-electron chi connectivity index (χ1n) is 3.98. The zero-order chi connectivity index (χ0) is 11.6. The number of rotatable bonds is 2. The fourth-order valence-corrected chi connectivity index (χ4v) is 1.64. The topological polar surface area (TPSA) is 40.5 Å². The van der Waals surface area contributed by atoms with Crippen molar-refractivity contribution in [2.24, 2.45) is 0 Å². The molecule has 0 aromatic heterocycles. The Kier molecular flexibility index (Phi) is 3.80. The Hall–Kier alpha value is -0.525. The SMILES string of the molecule is OB(O)c1cc(C(F)(F)F)ccc1CBr. The van der Waals surface area contributed by atoms with Crippen molar-refractivity contribution in [1.29, 1.82) is 0 Å². The number of halogens is 4. The van der Waals surface area contributed by atoms with Crippen LogP contribution in [0.3, 0.4) is 0 Å². The lowest BCUT2D eigenvalue weighted by molar-refractivity contribution is -0.137. The lowest BCUT2D eigenvalue weighted by Gasteiger charge is -2.11. The van der Waals surface area contributed by atoms with Crippen molar-refractivity contribution >= 4 is 28.5 Å². The Morgan fingerprint density at radius 1 is 1.27 bits per heavy atom. The molecule has 0 saturated heterocycles. The molecule has 2 nitrogen and oxygen atoms in total. The van der Waals surface area contributed by atoms with Gasteiger partial charge in [0.15, 0.2) is 0 Å². The molecular formula is C8H7BBrF3O2. The van der Waals surface area contributed by atoms with Crippen molar-refractivity contribution in [3.05, 3.63) is 29.3 Å². The summed E-state index contributed by atoms with van der Waals surface area (Å²) in [6.07, 6.45) is -4.48. The van der Waals surface area contributed by atoms with Gasteiger partial charge in [-0.15, -0.1) is 0 Å². The van der Waals surface area contributed by atoms with Crippen molar-refractivity contribution in [1.82, 2.24) is 0 Å². The van der Waals surface area contributed by atoms with Gasteiger partial charge >= 0.3 is 13.3 Å². The average molecular weight is 283 g/mol. The van der Waals surface area contributed by atoms with E-state index in [9.17, 15) is 13.2 Å². The summed E-state index contributed by atoms with van der Waals surface area (Å²) in [4.78, 5) is 0. The summed E-state index contributed by atoms with van der Waals surface area (Å²) in [5.74, 6) is 0. The van der Waals surface area contributed by atoms with Crippen LogP contribution in [0.1, 0.15) is 11.1 Å². The van der Waals surface area contributed by atoms with Gasteiger partial charge in [0, 0.05) is 5.33 Å².